The number of hydrogen-bond donors (Lipinski definition) is 2. The molecule has 3 aromatic rings. The summed E-state index contributed by atoms with van der Waals surface area (Å²) in [6.07, 6.45) is -0.266. The number of amidine groups is 1. The van der Waals surface area contributed by atoms with Gasteiger partial charge in [-0.1, -0.05) is 24.3 Å². The Balaban J connectivity index is 1.42. The van der Waals surface area contributed by atoms with Crippen molar-refractivity contribution in [1.29, 1.82) is 5.41 Å². The van der Waals surface area contributed by atoms with Crippen LogP contribution in [0.15, 0.2) is 54.6 Å². The maximum atomic E-state index is 13.0. The number of rotatable bonds is 9. The minimum Gasteiger partial charge on any atom is -0.497 e. The smallest absolute Gasteiger partial charge is 0.318 e. The van der Waals surface area contributed by atoms with Crippen LogP contribution >= 0.6 is 0 Å². The van der Waals surface area contributed by atoms with Crippen molar-refractivity contribution >= 4 is 28.5 Å². The van der Waals surface area contributed by atoms with E-state index in [0.717, 1.165) is 39.9 Å². The molecule has 0 aliphatic carbocycles. The van der Waals surface area contributed by atoms with E-state index in [1.54, 1.807) is 26.4 Å². The van der Waals surface area contributed by atoms with Gasteiger partial charge in [-0.2, -0.15) is 0 Å². The van der Waals surface area contributed by atoms with E-state index < -0.39 is 5.97 Å². The molecule has 1 fully saturated rings. The van der Waals surface area contributed by atoms with Gasteiger partial charge in [0.15, 0.2) is 0 Å². The highest BCUT2D eigenvalue weighted by molar-refractivity contribution is 5.97. The van der Waals surface area contributed by atoms with Crippen LogP contribution in [0.4, 0.5) is 0 Å². The van der Waals surface area contributed by atoms with Crippen LogP contribution in [0.3, 0.4) is 0 Å². The van der Waals surface area contributed by atoms with Gasteiger partial charge in [-0.15, -0.1) is 0 Å². The monoisotopic (exact) mass is 490 g/mol. The number of benzene rings is 3. The molecule has 0 saturated carbocycles. The molecule has 1 amide bonds. The standard InChI is InChI=1S/C27H30N4O5/c1-34-21-10-19(11-22(13-21)35-2)15-30-8-9-31(26(32)17-30)16-18-6-7-20-4-3-5-24(23(20)12-18)36-27(33)14-25(28)29/h3-7,10-13H,8-9,14-17H2,1-2H3,(H3,28,29). The molecule has 3 N–H and O–H groups in total. The largest absolute Gasteiger partial charge is 0.497 e. The predicted octanol–water partition coefficient (Wildman–Crippen LogP) is 2.93. The minimum absolute atomic E-state index is 0.0531. The minimum atomic E-state index is -0.583. The van der Waals surface area contributed by atoms with Crippen molar-refractivity contribution in [1.82, 2.24) is 9.80 Å². The van der Waals surface area contributed by atoms with E-state index in [-0.39, 0.29) is 18.2 Å². The molecule has 1 aliphatic rings. The second kappa shape index (κ2) is 11.1. The Morgan fingerprint density at radius 2 is 1.72 bits per heavy atom. The molecule has 4 rings (SSSR count). The van der Waals surface area contributed by atoms with E-state index >= 15 is 0 Å². The Kier molecular flexibility index (Phi) is 7.70. The van der Waals surface area contributed by atoms with Crippen molar-refractivity contribution in [3.63, 3.8) is 0 Å². The number of nitrogens with one attached hydrogen (secondary N) is 1. The van der Waals surface area contributed by atoms with Crippen molar-refractivity contribution < 1.29 is 23.8 Å². The third-order valence-electron chi connectivity index (χ3n) is 6.05. The van der Waals surface area contributed by atoms with Crippen LogP contribution in [0.5, 0.6) is 17.2 Å². The molecular formula is C27H30N4O5. The van der Waals surface area contributed by atoms with Gasteiger partial charge in [0.25, 0.3) is 0 Å². The fraction of sp³-hybridized carbons (Fsp3) is 0.296. The Hall–Kier alpha value is -4.11. The number of esters is 1. The van der Waals surface area contributed by atoms with E-state index in [2.05, 4.69) is 4.90 Å². The third-order valence-corrected chi connectivity index (χ3v) is 6.05. The molecule has 0 spiro atoms. The first kappa shape index (κ1) is 25.0. The van der Waals surface area contributed by atoms with Gasteiger partial charge in [0, 0.05) is 37.6 Å². The Labute approximate surface area is 209 Å². The van der Waals surface area contributed by atoms with Crippen molar-refractivity contribution in [2.24, 2.45) is 5.73 Å². The van der Waals surface area contributed by atoms with Gasteiger partial charge in [0.05, 0.1) is 20.8 Å². The van der Waals surface area contributed by atoms with Crippen molar-refractivity contribution in [3.05, 3.63) is 65.7 Å². The zero-order valence-electron chi connectivity index (χ0n) is 20.5. The van der Waals surface area contributed by atoms with E-state index in [1.807, 2.05) is 47.4 Å². The van der Waals surface area contributed by atoms with Gasteiger partial charge in [-0.3, -0.25) is 19.9 Å². The lowest BCUT2D eigenvalue weighted by atomic mass is 10.1. The summed E-state index contributed by atoms with van der Waals surface area (Å²) in [5, 5.41) is 8.97. The predicted molar refractivity (Wildman–Crippen MR) is 136 cm³/mol. The highest BCUT2D eigenvalue weighted by Gasteiger charge is 2.24. The summed E-state index contributed by atoms with van der Waals surface area (Å²) in [7, 11) is 3.24. The van der Waals surface area contributed by atoms with Gasteiger partial charge in [0.2, 0.25) is 5.91 Å². The summed E-state index contributed by atoms with van der Waals surface area (Å²) in [6, 6.07) is 17.0. The lowest BCUT2D eigenvalue weighted by molar-refractivity contribution is -0.137. The number of hydrogen-bond acceptors (Lipinski definition) is 7. The zero-order chi connectivity index (χ0) is 25.7. The summed E-state index contributed by atoms with van der Waals surface area (Å²) < 4.78 is 16.1. The van der Waals surface area contributed by atoms with Gasteiger partial charge in [-0.25, -0.2) is 0 Å². The molecule has 1 heterocycles. The lowest BCUT2D eigenvalue weighted by Gasteiger charge is -2.34. The average molecular weight is 491 g/mol. The van der Waals surface area contributed by atoms with Gasteiger partial charge >= 0.3 is 5.97 Å². The topological polar surface area (TPSA) is 118 Å². The molecule has 3 aromatic carbocycles. The van der Waals surface area contributed by atoms with Crippen LogP contribution in [-0.4, -0.2) is 61.4 Å². The third kappa shape index (κ3) is 6.11. The van der Waals surface area contributed by atoms with Crippen LogP contribution in [0.25, 0.3) is 10.8 Å². The number of nitrogens with zero attached hydrogens (tertiary/aromatic N) is 2. The van der Waals surface area contributed by atoms with Crippen LogP contribution < -0.4 is 19.9 Å². The van der Waals surface area contributed by atoms with Crippen LogP contribution in [0, 0.1) is 5.41 Å². The summed E-state index contributed by atoms with van der Waals surface area (Å²) in [6.45, 7) is 2.75. The molecule has 188 valence electrons. The number of amides is 1. The molecule has 1 aliphatic heterocycles. The Bertz CT molecular complexity index is 1270. The number of nitrogens with two attached hydrogens (primary N) is 1. The number of methoxy groups -OCH3 is 2. The van der Waals surface area contributed by atoms with Gasteiger partial charge < -0.3 is 24.8 Å². The number of fused-ring (bicyclic) bond motifs is 1. The Morgan fingerprint density at radius 3 is 2.39 bits per heavy atom. The van der Waals surface area contributed by atoms with E-state index in [9.17, 15) is 9.59 Å². The second-order valence-electron chi connectivity index (χ2n) is 8.73. The number of carbonyl (C=O) groups excluding carboxylic acids is 2. The van der Waals surface area contributed by atoms with E-state index in [0.29, 0.717) is 31.9 Å². The molecule has 9 heteroatoms. The quantitative estimate of drug-likeness (QED) is 0.205. The van der Waals surface area contributed by atoms with Crippen molar-refractivity contribution in [2.45, 2.75) is 19.5 Å². The van der Waals surface area contributed by atoms with E-state index in [1.165, 1.54) is 0 Å². The first-order valence-electron chi connectivity index (χ1n) is 11.6. The summed E-state index contributed by atoms with van der Waals surface area (Å²) in [5.41, 5.74) is 7.27. The molecule has 0 radical (unpaired) electrons. The maximum absolute atomic E-state index is 13.0. The zero-order valence-corrected chi connectivity index (χ0v) is 20.5. The van der Waals surface area contributed by atoms with Crippen LogP contribution in [0.2, 0.25) is 0 Å². The van der Waals surface area contributed by atoms with Gasteiger partial charge in [-0.05, 0) is 40.8 Å². The molecule has 9 nitrogen and oxygen atoms in total. The number of ether oxygens (including phenoxy) is 3. The fourth-order valence-electron chi connectivity index (χ4n) is 4.29. The second-order valence-corrected chi connectivity index (χ2v) is 8.73. The summed E-state index contributed by atoms with van der Waals surface area (Å²) >= 11 is 0. The summed E-state index contributed by atoms with van der Waals surface area (Å²) in [5.74, 6) is 1.07. The highest BCUT2D eigenvalue weighted by Crippen LogP contribution is 2.28. The molecular weight excluding hydrogens is 460 g/mol. The molecule has 0 aromatic heterocycles. The molecule has 1 saturated heterocycles. The number of carbonyl (C=O) groups is 2. The molecule has 36 heavy (non-hydrogen) atoms. The SMILES string of the molecule is COc1cc(CN2CCN(Cc3ccc4cccc(OC(=O)CC(=N)N)c4c3)C(=O)C2)cc(OC)c1. The fourth-order valence-corrected chi connectivity index (χ4v) is 4.29. The average Bonchev–Trinajstić information content (AvgIpc) is 2.85. The van der Waals surface area contributed by atoms with Crippen molar-refractivity contribution in [3.8, 4) is 17.2 Å². The highest BCUT2D eigenvalue weighted by atomic mass is 16.5. The van der Waals surface area contributed by atoms with E-state index in [4.69, 9.17) is 25.4 Å². The maximum Gasteiger partial charge on any atom is 0.318 e. The van der Waals surface area contributed by atoms with Crippen LogP contribution in [0.1, 0.15) is 17.5 Å². The van der Waals surface area contributed by atoms with Crippen molar-refractivity contribution in [2.75, 3.05) is 33.9 Å². The molecule has 0 bridgehead atoms. The normalized spacial score (nSPS) is 14.1. The molecule has 0 unspecified atom stereocenters. The first-order valence-corrected chi connectivity index (χ1v) is 11.6. The lowest BCUT2D eigenvalue weighted by Crippen LogP contribution is -2.49. The number of piperazine rings is 1. The van der Waals surface area contributed by atoms with Crippen LogP contribution in [-0.2, 0) is 22.7 Å². The first-order chi connectivity index (χ1) is 17.3. The summed E-state index contributed by atoms with van der Waals surface area (Å²) in [4.78, 5) is 28.9. The Morgan fingerprint density at radius 1 is 0.972 bits per heavy atom. The molecule has 0 atom stereocenters. The van der Waals surface area contributed by atoms with Gasteiger partial charge in [0.1, 0.15) is 29.5 Å².